The van der Waals surface area contributed by atoms with Crippen molar-refractivity contribution in [3.05, 3.63) is 0 Å². The zero-order valence-electron chi connectivity index (χ0n) is 13.0. The van der Waals surface area contributed by atoms with Gasteiger partial charge in [-0.05, 0) is 50.8 Å². The third kappa shape index (κ3) is 7.83. The summed E-state index contributed by atoms with van der Waals surface area (Å²) in [6, 6.07) is 0.0929. The van der Waals surface area contributed by atoms with E-state index in [9.17, 15) is 4.79 Å². The lowest BCUT2D eigenvalue weighted by molar-refractivity contribution is 0.153. The van der Waals surface area contributed by atoms with E-state index in [0.29, 0.717) is 5.04 Å². The van der Waals surface area contributed by atoms with Crippen molar-refractivity contribution in [2.45, 2.75) is 26.8 Å². The molecule has 7 nitrogen and oxygen atoms in total. The second-order valence-electron chi connectivity index (χ2n) is 3.87. The first kappa shape index (κ1) is 21.2. The second kappa shape index (κ2) is 10.8. The van der Waals surface area contributed by atoms with Crippen LogP contribution in [0.5, 0.6) is 0 Å². The maximum absolute atomic E-state index is 11.4. The Hall–Kier alpha value is 0.170. The molecule has 0 unspecified atom stereocenters. The molecule has 0 aromatic heterocycles. The lowest BCUT2D eigenvalue weighted by Crippen LogP contribution is -2.28. The quantitative estimate of drug-likeness (QED) is 0.132. The van der Waals surface area contributed by atoms with Crippen molar-refractivity contribution in [1.29, 1.82) is 0 Å². The van der Waals surface area contributed by atoms with E-state index in [1.54, 1.807) is 6.92 Å². The van der Waals surface area contributed by atoms with Gasteiger partial charge in [0.15, 0.2) is 0 Å². The van der Waals surface area contributed by atoms with Crippen molar-refractivity contribution in [2.75, 3.05) is 26.4 Å². The molecule has 0 radical (unpaired) electrons. The summed E-state index contributed by atoms with van der Waals surface area (Å²) < 4.78 is 12.4. The van der Waals surface area contributed by atoms with Crippen molar-refractivity contribution < 1.29 is 18.7 Å². The van der Waals surface area contributed by atoms with Gasteiger partial charge in [-0.3, -0.25) is 4.84 Å². The van der Waals surface area contributed by atoms with Crippen LogP contribution in [0.25, 0.3) is 0 Å². The van der Waals surface area contributed by atoms with Crippen LogP contribution in [0.1, 0.15) is 20.8 Å². The molecule has 1 N–H and O–H groups in total. The summed E-state index contributed by atoms with van der Waals surface area (Å²) in [5, 5.41) is 6.87. The van der Waals surface area contributed by atoms with E-state index in [1.807, 2.05) is 24.2 Å². The summed E-state index contributed by atoms with van der Waals surface area (Å²) in [6.45, 7) is 3.15. The van der Waals surface area contributed by atoms with Crippen LogP contribution in [-0.4, -0.2) is 47.6 Å². The summed E-state index contributed by atoms with van der Waals surface area (Å²) in [7, 11) is 3.03. The molecule has 0 aromatic carbocycles. The van der Waals surface area contributed by atoms with Gasteiger partial charge in [0.1, 0.15) is 5.04 Å². The number of hydrogen-bond acceptors (Lipinski definition) is 8. The van der Waals surface area contributed by atoms with Crippen LogP contribution < -0.4 is 5.32 Å². The third-order valence-corrected chi connectivity index (χ3v) is 8.33. The van der Waals surface area contributed by atoms with Crippen LogP contribution in [0.2, 0.25) is 0 Å². The molecule has 124 valence electrons. The average Bonchev–Trinajstić information content (AvgIpc) is 2.47. The van der Waals surface area contributed by atoms with Crippen molar-refractivity contribution in [2.24, 2.45) is 5.16 Å². The summed E-state index contributed by atoms with van der Waals surface area (Å²) in [4.78, 5) is 16.1. The molecule has 0 saturated heterocycles. The van der Waals surface area contributed by atoms with Gasteiger partial charge in [-0.25, -0.2) is 4.79 Å². The second-order valence-corrected chi connectivity index (χ2v) is 9.57. The SMILES string of the molecule is COP(=S)(OC)N(SCNC(=O)ON=C(C)SC)C(C)C. The lowest BCUT2D eigenvalue weighted by Gasteiger charge is -2.33. The van der Waals surface area contributed by atoms with Gasteiger partial charge in [-0.15, -0.1) is 11.8 Å². The fourth-order valence-electron chi connectivity index (χ4n) is 1.07. The number of rotatable bonds is 8. The minimum Gasteiger partial charge on any atom is -0.321 e. The monoisotopic (exact) mass is 375 g/mol. The Labute approximate surface area is 139 Å². The number of nitrogens with one attached hydrogen (secondary N) is 1. The smallest absolute Gasteiger partial charge is 0.321 e. The van der Waals surface area contributed by atoms with E-state index in [-0.39, 0.29) is 11.9 Å². The van der Waals surface area contributed by atoms with Gasteiger partial charge in [-0.2, -0.15) is 4.08 Å². The van der Waals surface area contributed by atoms with Crippen LogP contribution in [0, 0.1) is 0 Å². The van der Waals surface area contributed by atoms with Gasteiger partial charge in [0.2, 0.25) is 0 Å². The maximum Gasteiger partial charge on any atom is 0.434 e. The Balaban J connectivity index is 4.40. The van der Waals surface area contributed by atoms with Crippen LogP contribution in [0.3, 0.4) is 0 Å². The Kier molecular flexibility index (Phi) is 10.9. The molecule has 0 aliphatic carbocycles. The fourth-order valence-corrected chi connectivity index (χ4v) is 4.96. The molecule has 0 aromatic rings. The first-order chi connectivity index (χ1) is 9.80. The first-order valence-electron chi connectivity index (χ1n) is 5.98. The summed E-state index contributed by atoms with van der Waals surface area (Å²) in [5.41, 5.74) is 0. The van der Waals surface area contributed by atoms with Crippen molar-refractivity contribution in [3.63, 3.8) is 0 Å². The van der Waals surface area contributed by atoms with E-state index in [1.165, 1.54) is 37.9 Å². The molecule has 0 spiro atoms. The fraction of sp³-hybridized carbons (Fsp3) is 0.800. The molecule has 0 fully saturated rings. The predicted molar refractivity (Wildman–Crippen MR) is 94.0 cm³/mol. The number of oxime groups is 1. The molecule has 0 rings (SSSR count). The molecule has 0 bridgehead atoms. The van der Waals surface area contributed by atoms with Crippen molar-refractivity contribution in [1.82, 2.24) is 9.39 Å². The van der Waals surface area contributed by atoms with Gasteiger partial charge in [0.05, 0.1) is 5.88 Å². The Morgan fingerprint density at radius 1 is 1.43 bits per heavy atom. The highest BCUT2D eigenvalue weighted by Gasteiger charge is 2.29. The first-order valence-corrected chi connectivity index (χ1v) is 10.7. The normalized spacial score (nSPS) is 12.9. The van der Waals surface area contributed by atoms with E-state index in [4.69, 9.17) is 20.9 Å². The highest BCUT2D eigenvalue weighted by molar-refractivity contribution is 8.15. The highest BCUT2D eigenvalue weighted by atomic mass is 32.5. The number of amides is 1. The molecule has 0 atom stereocenters. The number of hydrogen-bond donors (Lipinski definition) is 1. The van der Waals surface area contributed by atoms with Crippen LogP contribution in [-0.2, 0) is 25.7 Å². The molecule has 0 aliphatic rings. The third-order valence-electron chi connectivity index (χ3n) is 2.11. The van der Waals surface area contributed by atoms with Gasteiger partial charge in [0.25, 0.3) is 6.64 Å². The standard InChI is InChI=1S/C10H22N3O4PS3/c1-8(2)13(18(19,15-4)16-5)21-7-11-10(14)17-12-9(3)20-6/h8H,7H2,1-6H3,(H,11,14). The van der Waals surface area contributed by atoms with Gasteiger partial charge >= 0.3 is 6.09 Å². The predicted octanol–water partition coefficient (Wildman–Crippen LogP) is 3.24. The Morgan fingerprint density at radius 2 is 2.00 bits per heavy atom. The van der Waals surface area contributed by atoms with Gasteiger partial charge < -0.3 is 14.4 Å². The largest absolute Gasteiger partial charge is 0.434 e. The maximum atomic E-state index is 11.4. The summed E-state index contributed by atoms with van der Waals surface area (Å²) in [6.07, 6.45) is 1.22. The lowest BCUT2D eigenvalue weighted by atomic mass is 10.4. The molecule has 0 aliphatic heterocycles. The molecular formula is C10H22N3O4PS3. The van der Waals surface area contributed by atoms with Crippen LogP contribution in [0.15, 0.2) is 5.16 Å². The number of carbonyl (C=O) groups is 1. The summed E-state index contributed by atoms with van der Waals surface area (Å²) in [5.74, 6) is 0.274. The van der Waals surface area contributed by atoms with Crippen LogP contribution in [0.4, 0.5) is 4.79 Å². The summed E-state index contributed by atoms with van der Waals surface area (Å²) >= 11 is 8.10. The van der Waals surface area contributed by atoms with Gasteiger partial charge in [-0.1, -0.05) is 5.16 Å². The molecule has 1 amide bonds. The minimum atomic E-state index is -2.54. The van der Waals surface area contributed by atoms with Crippen molar-refractivity contribution >= 4 is 53.3 Å². The Morgan fingerprint density at radius 3 is 2.43 bits per heavy atom. The van der Waals surface area contributed by atoms with E-state index in [0.717, 1.165) is 0 Å². The minimum absolute atomic E-state index is 0.0929. The zero-order chi connectivity index (χ0) is 16.5. The van der Waals surface area contributed by atoms with E-state index < -0.39 is 12.7 Å². The molecule has 21 heavy (non-hydrogen) atoms. The highest BCUT2D eigenvalue weighted by Crippen LogP contribution is 2.55. The van der Waals surface area contributed by atoms with Gasteiger partial charge in [0, 0.05) is 20.3 Å². The van der Waals surface area contributed by atoms with E-state index >= 15 is 0 Å². The number of carbonyl (C=O) groups excluding carboxylic acids is 1. The molecule has 11 heteroatoms. The van der Waals surface area contributed by atoms with Crippen LogP contribution >= 0.6 is 30.4 Å². The van der Waals surface area contributed by atoms with Crippen molar-refractivity contribution in [3.8, 4) is 0 Å². The molecule has 0 heterocycles. The zero-order valence-corrected chi connectivity index (χ0v) is 16.3. The Bertz CT molecular complexity index is 401. The number of nitrogens with zero attached hydrogens (tertiary/aromatic N) is 2. The van der Waals surface area contributed by atoms with E-state index in [2.05, 4.69) is 15.3 Å². The molecular weight excluding hydrogens is 353 g/mol. The topological polar surface area (TPSA) is 72.4 Å². The number of thioether (sulfide) groups is 1. The average molecular weight is 375 g/mol. The molecule has 0 saturated carbocycles.